The quantitative estimate of drug-likeness (QED) is 0.649. The Morgan fingerprint density at radius 2 is 2.43 bits per heavy atom. The Bertz CT molecular complexity index is 373. The van der Waals surface area contributed by atoms with Crippen molar-refractivity contribution in [3.63, 3.8) is 0 Å². The smallest absolute Gasteiger partial charge is 0.316 e. The molecule has 1 unspecified atom stereocenters. The summed E-state index contributed by atoms with van der Waals surface area (Å²) in [5.41, 5.74) is 1.72. The molecule has 0 spiro atoms. The molecule has 1 fully saturated rings. The lowest BCUT2D eigenvalue weighted by molar-refractivity contribution is 0.158. The number of amides is 2. The number of hydrogen-bond acceptors (Lipinski definition) is 2. The third kappa shape index (κ3) is 0.950. The second kappa shape index (κ2) is 2.73. The molecule has 1 atom stereocenters. The van der Waals surface area contributed by atoms with Crippen LogP contribution in [0.5, 0.6) is 0 Å². The average molecular weight is 191 g/mol. The van der Waals surface area contributed by atoms with Gasteiger partial charge in [-0.3, -0.25) is 5.10 Å². The molecule has 0 bridgehead atoms. The predicted molar refractivity (Wildman–Crippen MR) is 49.7 cm³/mol. The second-order valence-corrected chi connectivity index (χ2v) is 3.76. The van der Waals surface area contributed by atoms with Gasteiger partial charge >= 0.3 is 6.03 Å². The number of aromatic nitrogens is 2. The van der Waals surface area contributed by atoms with Crippen molar-refractivity contribution in [3.05, 3.63) is 11.9 Å². The van der Waals surface area contributed by atoms with Crippen molar-refractivity contribution in [2.45, 2.75) is 25.3 Å². The normalized spacial score (nSPS) is 25.3. The fraction of sp³-hybridized carbons (Fsp3) is 0.556. The molecule has 1 radical (unpaired) electrons. The van der Waals surface area contributed by atoms with Crippen molar-refractivity contribution in [1.29, 1.82) is 0 Å². The maximum atomic E-state index is 11.6. The molecule has 0 aliphatic carbocycles. The Balaban J connectivity index is 2.04. The first-order chi connectivity index (χ1) is 6.86. The molecule has 5 nitrogen and oxygen atoms in total. The Kier molecular flexibility index (Phi) is 1.53. The molecule has 2 amide bonds. The Morgan fingerprint density at radius 3 is 3.36 bits per heavy atom. The number of aromatic amines is 1. The van der Waals surface area contributed by atoms with E-state index >= 15 is 0 Å². The fourth-order valence-electron chi connectivity index (χ4n) is 2.25. The lowest BCUT2D eigenvalue weighted by atomic mass is 9.97. The van der Waals surface area contributed by atoms with Gasteiger partial charge in [0.25, 0.3) is 0 Å². The molecule has 1 aromatic heterocycles. The van der Waals surface area contributed by atoms with E-state index in [1.54, 1.807) is 0 Å². The summed E-state index contributed by atoms with van der Waals surface area (Å²) in [6, 6.07) is 0.172. The molecule has 3 rings (SSSR count). The molecule has 14 heavy (non-hydrogen) atoms. The molecule has 2 aliphatic rings. The zero-order valence-electron chi connectivity index (χ0n) is 7.71. The second-order valence-electron chi connectivity index (χ2n) is 3.76. The van der Waals surface area contributed by atoms with Crippen molar-refractivity contribution >= 4 is 11.7 Å². The van der Waals surface area contributed by atoms with Crippen molar-refractivity contribution in [2.24, 2.45) is 0 Å². The number of H-pyrrole nitrogens is 1. The van der Waals surface area contributed by atoms with Gasteiger partial charge in [0.2, 0.25) is 0 Å². The van der Waals surface area contributed by atoms with E-state index in [2.05, 4.69) is 21.7 Å². The topological polar surface area (TPSA) is 61.0 Å². The molecule has 1 aromatic rings. The average Bonchev–Trinajstić information content (AvgIpc) is 2.66. The Labute approximate surface area is 81.5 Å². The SMILES string of the molecule is O=C1Nc2[c]n[nH]c2C2CCCCN12. The minimum atomic E-state index is -0.0140. The van der Waals surface area contributed by atoms with Gasteiger partial charge < -0.3 is 10.2 Å². The van der Waals surface area contributed by atoms with Gasteiger partial charge in [0.15, 0.2) is 0 Å². The molecule has 2 N–H and O–H groups in total. The summed E-state index contributed by atoms with van der Waals surface area (Å²) >= 11 is 0. The highest BCUT2D eigenvalue weighted by Gasteiger charge is 2.35. The molecule has 5 heteroatoms. The zero-order valence-corrected chi connectivity index (χ0v) is 7.71. The fourth-order valence-corrected chi connectivity index (χ4v) is 2.25. The summed E-state index contributed by atoms with van der Waals surface area (Å²) in [5.74, 6) is 0. The van der Waals surface area contributed by atoms with Gasteiger partial charge in [0, 0.05) is 6.54 Å². The number of nitrogens with one attached hydrogen (secondary N) is 2. The number of rotatable bonds is 0. The van der Waals surface area contributed by atoms with Gasteiger partial charge in [0.1, 0.15) is 6.20 Å². The number of carbonyl (C=O) groups excluding carboxylic acids is 1. The van der Waals surface area contributed by atoms with E-state index in [-0.39, 0.29) is 12.1 Å². The zero-order chi connectivity index (χ0) is 9.54. The van der Waals surface area contributed by atoms with Crippen LogP contribution in [-0.2, 0) is 0 Å². The molecule has 0 saturated carbocycles. The molecule has 3 heterocycles. The summed E-state index contributed by atoms with van der Waals surface area (Å²) in [5, 5.41) is 9.53. The van der Waals surface area contributed by atoms with Gasteiger partial charge in [-0.05, 0) is 19.3 Å². The molecule has 2 aliphatic heterocycles. The van der Waals surface area contributed by atoms with Crippen molar-refractivity contribution in [2.75, 3.05) is 11.9 Å². The number of nitrogens with zero attached hydrogens (tertiary/aromatic N) is 2. The highest BCUT2D eigenvalue weighted by atomic mass is 16.2. The van der Waals surface area contributed by atoms with Crippen LogP contribution in [0.4, 0.5) is 10.5 Å². The highest BCUT2D eigenvalue weighted by Crippen LogP contribution is 2.36. The standard InChI is InChI=1S/C9H11N4O/c14-9-11-6-5-10-12-8(6)7-3-1-2-4-13(7)9/h7H,1-4H2,(H,10,12)(H,11,14). The minimum absolute atomic E-state index is 0.0140. The summed E-state index contributed by atoms with van der Waals surface area (Å²) in [6.45, 7) is 0.842. The van der Waals surface area contributed by atoms with E-state index in [0.29, 0.717) is 0 Å². The number of anilines is 1. The molecular formula is C9H11N4O. The van der Waals surface area contributed by atoms with E-state index < -0.39 is 0 Å². The van der Waals surface area contributed by atoms with Crippen LogP contribution >= 0.6 is 0 Å². The molecule has 73 valence electrons. The van der Waals surface area contributed by atoms with E-state index in [4.69, 9.17) is 0 Å². The number of fused-ring (bicyclic) bond motifs is 3. The first-order valence-corrected chi connectivity index (χ1v) is 4.90. The van der Waals surface area contributed by atoms with Crippen molar-refractivity contribution in [3.8, 4) is 0 Å². The van der Waals surface area contributed by atoms with Crippen LogP contribution in [0, 0.1) is 6.20 Å². The van der Waals surface area contributed by atoms with Crippen LogP contribution in [0.3, 0.4) is 0 Å². The van der Waals surface area contributed by atoms with Crippen LogP contribution in [0.15, 0.2) is 0 Å². The first kappa shape index (κ1) is 7.84. The van der Waals surface area contributed by atoms with Crippen LogP contribution in [0.2, 0.25) is 0 Å². The van der Waals surface area contributed by atoms with Gasteiger partial charge in [-0.15, -0.1) is 0 Å². The lowest BCUT2D eigenvalue weighted by Crippen LogP contribution is -2.44. The first-order valence-electron chi connectivity index (χ1n) is 4.90. The van der Waals surface area contributed by atoms with Crippen molar-refractivity contribution in [1.82, 2.24) is 15.1 Å². The van der Waals surface area contributed by atoms with E-state index in [9.17, 15) is 4.79 Å². The number of piperidine rings is 1. The monoisotopic (exact) mass is 191 g/mol. The van der Waals surface area contributed by atoms with E-state index in [0.717, 1.165) is 30.8 Å². The predicted octanol–water partition coefficient (Wildman–Crippen LogP) is 1.28. The minimum Gasteiger partial charge on any atom is -0.316 e. The van der Waals surface area contributed by atoms with Gasteiger partial charge in [-0.2, -0.15) is 5.10 Å². The number of carbonyl (C=O) groups is 1. The molecule has 0 aromatic carbocycles. The third-order valence-electron chi connectivity index (χ3n) is 2.94. The van der Waals surface area contributed by atoms with Crippen LogP contribution in [0.1, 0.15) is 31.0 Å². The van der Waals surface area contributed by atoms with Crippen LogP contribution in [-0.4, -0.2) is 27.7 Å². The summed E-state index contributed by atoms with van der Waals surface area (Å²) in [6.07, 6.45) is 6.05. The maximum Gasteiger partial charge on any atom is 0.322 e. The van der Waals surface area contributed by atoms with Gasteiger partial charge in [0.05, 0.1) is 17.4 Å². The molecule has 1 saturated heterocycles. The van der Waals surface area contributed by atoms with Gasteiger partial charge in [-0.25, -0.2) is 4.79 Å². The Hall–Kier alpha value is -1.52. The van der Waals surface area contributed by atoms with Crippen LogP contribution in [0.25, 0.3) is 0 Å². The van der Waals surface area contributed by atoms with Gasteiger partial charge in [-0.1, -0.05) is 0 Å². The summed E-state index contributed by atoms with van der Waals surface area (Å²) in [7, 11) is 0. The highest BCUT2D eigenvalue weighted by molar-refractivity contribution is 5.92. The lowest BCUT2D eigenvalue weighted by Gasteiger charge is -2.38. The summed E-state index contributed by atoms with van der Waals surface area (Å²) in [4.78, 5) is 13.5. The third-order valence-corrected chi connectivity index (χ3v) is 2.94. The summed E-state index contributed by atoms with van der Waals surface area (Å²) < 4.78 is 0. The van der Waals surface area contributed by atoms with Crippen LogP contribution < -0.4 is 5.32 Å². The number of hydrogen-bond donors (Lipinski definition) is 2. The maximum absolute atomic E-state index is 11.6. The number of urea groups is 1. The molecular weight excluding hydrogens is 180 g/mol. The van der Waals surface area contributed by atoms with E-state index in [1.807, 2.05) is 4.90 Å². The van der Waals surface area contributed by atoms with Crippen molar-refractivity contribution < 1.29 is 4.79 Å². The largest absolute Gasteiger partial charge is 0.322 e. The Morgan fingerprint density at radius 1 is 1.50 bits per heavy atom. The van der Waals surface area contributed by atoms with E-state index in [1.165, 1.54) is 6.42 Å².